The first kappa shape index (κ1) is 13.9. The molecule has 0 fully saturated rings. The first-order valence-corrected chi connectivity index (χ1v) is 6.32. The number of aromatic nitrogens is 1. The molecule has 1 heterocycles. The molecule has 0 unspecified atom stereocenters. The molecule has 0 atom stereocenters. The molecular weight excluding hydrogens is 214 g/mol. The first-order chi connectivity index (χ1) is 8.30. The van der Waals surface area contributed by atoms with Crippen LogP contribution in [0.5, 0.6) is 0 Å². The second kappa shape index (κ2) is 8.03. The van der Waals surface area contributed by atoms with Crippen molar-refractivity contribution in [2.24, 2.45) is 0 Å². The van der Waals surface area contributed by atoms with Crippen LogP contribution in [-0.2, 0) is 6.54 Å². The zero-order valence-electron chi connectivity index (χ0n) is 10.8. The fourth-order valence-corrected chi connectivity index (χ4v) is 1.84. The lowest BCUT2D eigenvalue weighted by atomic mass is 10.3. The maximum Gasteiger partial charge on any atom is 0.0564 e. The van der Waals surface area contributed by atoms with Gasteiger partial charge in [0.2, 0.25) is 0 Å². The van der Waals surface area contributed by atoms with Gasteiger partial charge in [-0.2, -0.15) is 0 Å². The van der Waals surface area contributed by atoms with E-state index in [4.69, 9.17) is 5.11 Å². The van der Waals surface area contributed by atoms with Gasteiger partial charge in [-0.3, -0.25) is 9.88 Å². The van der Waals surface area contributed by atoms with Gasteiger partial charge in [-0.25, -0.2) is 0 Å². The van der Waals surface area contributed by atoms with Gasteiger partial charge in [-0.1, -0.05) is 6.92 Å². The van der Waals surface area contributed by atoms with Gasteiger partial charge < -0.3 is 10.4 Å². The van der Waals surface area contributed by atoms with Crippen molar-refractivity contribution >= 4 is 5.69 Å². The van der Waals surface area contributed by atoms with Gasteiger partial charge in [0.05, 0.1) is 12.3 Å². The molecule has 0 saturated carbocycles. The van der Waals surface area contributed by atoms with Gasteiger partial charge in [0.25, 0.3) is 0 Å². The van der Waals surface area contributed by atoms with E-state index in [-0.39, 0.29) is 6.61 Å². The quantitative estimate of drug-likeness (QED) is 0.723. The fraction of sp³-hybridized carbons (Fsp3) is 0.615. The molecule has 1 aromatic heterocycles. The highest BCUT2D eigenvalue weighted by atomic mass is 16.3. The number of aliphatic hydroxyl groups is 1. The van der Waals surface area contributed by atoms with Crippen LogP contribution in [-0.4, -0.2) is 41.2 Å². The molecule has 0 aliphatic carbocycles. The lowest BCUT2D eigenvalue weighted by Gasteiger charge is -2.20. The van der Waals surface area contributed by atoms with E-state index in [1.807, 2.05) is 12.3 Å². The van der Waals surface area contributed by atoms with E-state index < -0.39 is 0 Å². The molecule has 17 heavy (non-hydrogen) atoms. The Hall–Kier alpha value is -1.13. The minimum absolute atomic E-state index is 0.201. The predicted octanol–water partition coefficient (Wildman–Crippen LogP) is 1.72. The molecule has 0 aliphatic rings. The van der Waals surface area contributed by atoms with E-state index in [0.717, 1.165) is 37.4 Å². The summed E-state index contributed by atoms with van der Waals surface area (Å²) in [7, 11) is 0. The molecule has 0 aliphatic heterocycles. The van der Waals surface area contributed by atoms with Crippen molar-refractivity contribution in [3.63, 3.8) is 0 Å². The van der Waals surface area contributed by atoms with Crippen LogP contribution in [0.2, 0.25) is 0 Å². The lowest BCUT2D eigenvalue weighted by Crippen LogP contribution is -2.27. The number of pyridine rings is 1. The molecule has 0 amide bonds. The standard InChI is InChI=1S/C13H23N3O/c1-3-7-16(8-9-17)11-13-10-12(14-4-2)5-6-15-13/h5-6,10,17H,3-4,7-9,11H2,1-2H3,(H,14,15). The molecule has 0 spiro atoms. The SMILES string of the molecule is CCCN(CCO)Cc1cc(NCC)ccn1. The van der Waals surface area contributed by atoms with Gasteiger partial charge in [0.15, 0.2) is 0 Å². The number of nitrogens with zero attached hydrogens (tertiary/aromatic N) is 2. The summed E-state index contributed by atoms with van der Waals surface area (Å²) in [5.41, 5.74) is 2.16. The largest absolute Gasteiger partial charge is 0.395 e. The monoisotopic (exact) mass is 237 g/mol. The molecule has 2 N–H and O–H groups in total. The Morgan fingerprint density at radius 3 is 2.82 bits per heavy atom. The average Bonchev–Trinajstić information content (AvgIpc) is 2.30. The summed E-state index contributed by atoms with van der Waals surface area (Å²) in [4.78, 5) is 6.58. The second-order valence-corrected chi connectivity index (χ2v) is 4.07. The molecule has 0 radical (unpaired) electrons. The number of anilines is 1. The molecule has 96 valence electrons. The number of aliphatic hydroxyl groups excluding tert-OH is 1. The third-order valence-corrected chi connectivity index (χ3v) is 2.54. The highest BCUT2D eigenvalue weighted by molar-refractivity contribution is 5.42. The van der Waals surface area contributed by atoms with Crippen LogP contribution in [0.25, 0.3) is 0 Å². The van der Waals surface area contributed by atoms with Crippen molar-refractivity contribution in [3.05, 3.63) is 24.0 Å². The number of hydrogen-bond donors (Lipinski definition) is 2. The van der Waals surface area contributed by atoms with Crippen LogP contribution >= 0.6 is 0 Å². The van der Waals surface area contributed by atoms with Gasteiger partial charge in [0, 0.05) is 31.5 Å². The smallest absolute Gasteiger partial charge is 0.0564 e. The van der Waals surface area contributed by atoms with E-state index in [2.05, 4.69) is 35.1 Å². The van der Waals surface area contributed by atoms with Crippen LogP contribution in [0, 0.1) is 0 Å². The highest BCUT2D eigenvalue weighted by Crippen LogP contribution is 2.09. The Morgan fingerprint density at radius 2 is 2.18 bits per heavy atom. The molecule has 0 bridgehead atoms. The van der Waals surface area contributed by atoms with Gasteiger partial charge in [-0.15, -0.1) is 0 Å². The molecule has 0 saturated heterocycles. The van der Waals surface area contributed by atoms with Gasteiger partial charge >= 0.3 is 0 Å². The van der Waals surface area contributed by atoms with E-state index >= 15 is 0 Å². The minimum Gasteiger partial charge on any atom is -0.395 e. The zero-order valence-corrected chi connectivity index (χ0v) is 10.8. The number of rotatable bonds is 8. The Kier molecular flexibility index (Phi) is 6.58. The average molecular weight is 237 g/mol. The predicted molar refractivity (Wildman–Crippen MR) is 71.1 cm³/mol. The summed E-state index contributed by atoms with van der Waals surface area (Å²) in [5.74, 6) is 0. The van der Waals surface area contributed by atoms with Crippen LogP contribution in [0.1, 0.15) is 26.0 Å². The summed E-state index contributed by atoms with van der Waals surface area (Å²) < 4.78 is 0. The highest BCUT2D eigenvalue weighted by Gasteiger charge is 2.05. The van der Waals surface area contributed by atoms with E-state index in [0.29, 0.717) is 6.54 Å². The Labute approximate surface area is 104 Å². The molecule has 0 aromatic carbocycles. The second-order valence-electron chi connectivity index (χ2n) is 4.07. The van der Waals surface area contributed by atoms with Gasteiger partial charge in [0.1, 0.15) is 0 Å². The zero-order chi connectivity index (χ0) is 12.5. The van der Waals surface area contributed by atoms with Crippen LogP contribution in [0.15, 0.2) is 18.3 Å². The van der Waals surface area contributed by atoms with E-state index in [9.17, 15) is 0 Å². The first-order valence-electron chi connectivity index (χ1n) is 6.32. The molecule has 1 aromatic rings. The number of hydrogen-bond acceptors (Lipinski definition) is 4. The van der Waals surface area contributed by atoms with E-state index in [1.54, 1.807) is 0 Å². The Morgan fingerprint density at radius 1 is 1.35 bits per heavy atom. The van der Waals surface area contributed by atoms with Crippen molar-refractivity contribution in [1.29, 1.82) is 0 Å². The van der Waals surface area contributed by atoms with Crippen molar-refractivity contribution in [2.45, 2.75) is 26.8 Å². The topological polar surface area (TPSA) is 48.4 Å². The summed E-state index contributed by atoms with van der Waals surface area (Å²) in [6, 6.07) is 4.05. The van der Waals surface area contributed by atoms with E-state index in [1.165, 1.54) is 0 Å². The normalized spacial score (nSPS) is 10.8. The summed E-state index contributed by atoms with van der Waals surface area (Å²) >= 11 is 0. The van der Waals surface area contributed by atoms with Crippen LogP contribution < -0.4 is 5.32 Å². The summed E-state index contributed by atoms with van der Waals surface area (Å²) in [6.07, 6.45) is 2.92. The van der Waals surface area contributed by atoms with Crippen LogP contribution in [0.4, 0.5) is 5.69 Å². The minimum atomic E-state index is 0.201. The van der Waals surface area contributed by atoms with Crippen molar-refractivity contribution in [2.75, 3.05) is 31.6 Å². The maximum atomic E-state index is 9.01. The van der Waals surface area contributed by atoms with Crippen LogP contribution in [0.3, 0.4) is 0 Å². The Bertz CT molecular complexity index is 311. The van der Waals surface area contributed by atoms with Gasteiger partial charge in [-0.05, 0) is 32.0 Å². The Balaban J connectivity index is 2.60. The van der Waals surface area contributed by atoms with Crippen molar-refractivity contribution in [3.8, 4) is 0 Å². The lowest BCUT2D eigenvalue weighted by molar-refractivity contribution is 0.189. The summed E-state index contributed by atoms with van der Waals surface area (Å²) in [6.45, 7) is 7.84. The fourth-order valence-electron chi connectivity index (χ4n) is 1.84. The molecular formula is C13H23N3O. The van der Waals surface area contributed by atoms with Crippen molar-refractivity contribution in [1.82, 2.24) is 9.88 Å². The molecule has 4 nitrogen and oxygen atoms in total. The van der Waals surface area contributed by atoms with Crippen molar-refractivity contribution < 1.29 is 5.11 Å². The third-order valence-electron chi connectivity index (χ3n) is 2.54. The molecule has 4 heteroatoms. The summed E-state index contributed by atoms with van der Waals surface area (Å²) in [5, 5.41) is 12.3. The third kappa shape index (κ3) is 5.15. The maximum absolute atomic E-state index is 9.01. The molecule has 1 rings (SSSR count). The number of nitrogens with one attached hydrogen (secondary N) is 1.